The van der Waals surface area contributed by atoms with Crippen LogP contribution in [0.3, 0.4) is 0 Å². The van der Waals surface area contributed by atoms with Crippen LogP contribution < -0.4 is 4.74 Å². The average molecular weight is 459 g/mol. The second-order valence-electron chi connectivity index (χ2n) is 5.75. The number of hydrogen-bond donors (Lipinski definition) is 0. The normalized spacial score (nSPS) is 11.1. The van der Waals surface area contributed by atoms with Gasteiger partial charge in [0.2, 0.25) is 0 Å². The quantitative estimate of drug-likeness (QED) is 0.294. The third-order valence-corrected chi connectivity index (χ3v) is 4.94. The molecule has 0 aliphatic carbocycles. The minimum Gasteiger partial charge on any atom is -0.488 e. The Morgan fingerprint density at radius 2 is 1.78 bits per heavy atom. The van der Waals surface area contributed by atoms with Gasteiger partial charge in [0.15, 0.2) is 0 Å². The molecule has 0 aromatic heterocycles. The summed E-state index contributed by atoms with van der Waals surface area (Å²) in [6.07, 6.45) is 1.77. The van der Waals surface area contributed by atoms with Gasteiger partial charge >= 0.3 is 0 Å². The second kappa shape index (κ2) is 9.10. The number of allylic oxidation sites excluding steroid dienone is 1. The van der Waals surface area contributed by atoms with E-state index in [-0.39, 0.29) is 0 Å². The molecule has 0 radical (unpaired) electrons. The van der Waals surface area contributed by atoms with E-state index in [1.54, 1.807) is 24.3 Å². The molecule has 2 nitrogen and oxygen atoms in total. The van der Waals surface area contributed by atoms with Crippen molar-refractivity contribution in [3.05, 3.63) is 97.9 Å². The molecular formula is C22H14BrCl2NO. The van der Waals surface area contributed by atoms with Gasteiger partial charge in [-0.05, 0) is 42.0 Å². The van der Waals surface area contributed by atoms with Gasteiger partial charge in [0, 0.05) is 20.6 Å². The van der Waals surface area contributed by atoms with Crippen LogP contribution in [0.25, 0.3) is 11.6 Å². The molecule has 0 bridgehead atoms. The highest BCUT2D eigenvalue weighted by Gasteiger charge is 2.09. The Morgan fingerprint density at radius 3 is 2.48 bits per heavy atom. The summed E-state index contributed by atoms with van der Waals surface area (Å²) >= 11 is 15.6. The molecule has 0 aliphatic rings. The van der Waals surface area contributed by atoms with Crippen LogP contribution in [-0.4, -0.2) is 0 Å². The number of para-hydroxylation sites is 1. The first-order valence-electron chi connectivity index (χ1n) is 8.10. The minimum absolute atomic E-state index is 0.432. The Morgan fingerprint density at radius 1 is 1.04 bits per heavy atom. The predicted octanol–water partition coefficient (Wildman–Crippen LogP) is 7.40. The molecule has 0 amide bonds. The summed E-state index contributed by atoms with van der Waals surface area (Å²) < 4.78 is 6.99. The monoisotopic (exact) mass is 457 g/mol. The van der Waals surface area contributed by atoms with Crippen molar-refractivity contribution in [1.82, 2.24) is 0 Å². The van der Waals surface area contributed by atoms with Gasteiger partial charge in [-0.2, -0.15) is 5.26 Å². The third kappa shape index (κ3) is 5.14. The van der Waals surface area contributed by atoms with E-state index in [2.05, 4.69) is 22.0 Å². The molecule has 134 valence electrons. The lowest BCUT2D eigenvalue weighted by Crippen LogP contribution is -1.97. The van der Waals surface area contributed by atoms with Gasteiger partial charge in [-0.25, -0.2) is 0 Å². The lowest BCUT2D eigenvalue weighted by Gasteiger charge is -2.10. The number of nitriles is 1. The summed E-state index contributed by atoms with van der Waals surface area (Å²) in [7, 11) is 0. The van der Waals surface area contributed by atoms with E-state index in [1.807, 2.05) is 48.5 Å². The summed E-state index contributed by atoms with van der Waals surface area (Å²) in [5.74, 6) is 0.693. The second-order valence-corrected chi connectivity index (χ2v) is 7.51. The van der Waals surface area contributed by atoms with Gasteiger partial charge < -0.3 is 4.74 Å². The molecular weight excluding hydrogens is 445 g/mol. The van der Waals surface area contributed by atoms with E-state index >= 15 is 0 Å². The maximum absolute atomic E-state index is 9.60. The molecule has 0 saturated heterocycles. The Balaban J connectivity index is 1.88. The highest BCUT2D eigenvalue weighted by Crippen LogP contribution is 2.30. The van der Waals surface area contributed by atoms with Crippen molar-refractivity contribution >= 4 is 50.8 Å². The largest absolute Gasteiger partial charge is 0.488 e. The number of ether oxygens (including phenoxy) is 1. The fraction of sp³-hybridized carbons (Fsp3) is 0.0455. The number of halogens is 3. The van der Waals surface area contributed by atoms with Crippen molar-refractivity contribution < 1.29 is 4.74 Å². The zero-order valence-electron chi connectivity index (χ0n) is 14.1. The standard InChI is InChI=1S/C22H14BrCl2NO/c23-18-7-5-15(6-8-18)14-27-22-4-2-1-3-16(22)11-17(13-26)20-10-9-19(24)12-21(20)25/h1-12H,14H2/b17-11+. The fourth-order valence-corrected chi connectivity index (χ4v) is 3.28. The molecule has 0 fully saturated rings. The average Bonchev–Trinajstić information content (AvgIpc) is 2.67. The molecule has 0 spiro atoms. The van der Waals surface area contributed by atoms with E-state index < -0.39 is 0 Å². The van der Waals surface area contributed by atoms with E-state index in [9.17, 15) is 5.26 Å². The zero-order chi connectivity index (χ0) is 19.2. The van der Waals surface area contributed by atoms with Gasteiger partial charge in [-0.1, -0.05) is 75.5 Å². The zero-order valence-corrected chi connectivity index (χ0v) is 17.2. The first-order valence-corrected chi connectivity index (χ1v) is 9.65. The third-order valence-electron chi connectivity index (χ3n) is 3.87. The lowest BCUT2D eigenvalue weighted by molar-refractivity contribution is 0.305. The highest BCUT2D eigenvalue weighted by molar-refractivity contribution is 9.10. The van der Waals surface area contributed by atoms with Crippen molar-refractivity contribution in [1.29, 1.82) is 5.26 Å². The maximum atomic E-state index is 9.60. The van der Waals surface area contributed by atoms with Crippen LogP contribution >= 0.6 is 39.1 Å². The van der Waals surface area contributed by atoms with E-state index in [1.165, 1.54) is 0 Å². The van der Waals surface area contributed by atoms with Gasteiger partial charge in [-0.15, -0.1) is 0 Å². The molecule has 0 N–H and O–H groups in total. The maximum Gasteiger partial charge on any atom is 0.127 e. The Bertz CT molecular complexity index is 1020. The topological polar surface area (TPSA) is 33.0 Å². The number of rotatable bonds is 5. The minimum atomic E-state index is 0.432. The SMILES string of the molecule is N#C/C(=C\c1ccccc1OCc1ccc(Br)cc1)c1ccc(Cl)cc1Cl. The number of nitrogens with zero attached hydrogens (tertiary/aromatic N) is 1. The molecule has 3 aromatic carbocycles. The highest BCUT2D eigenvalue weighted by atomic mass is 79.9. The first kappa shape index (κ1) is 19.5. The Labute approximate surface area is 176 Å². The molecule has 0 atom stereocenters. The molecule has 0 aliphatic heterocycles. The van der Waals surface area contributed by atoms with Crippen LogP contribution in [0.2, 0.25) is 10.0 Å². The number of hydrogen-bond acceptors (Lipinski definition) is 2. The van der Waals surface area contributed by atoms with Crippen LogP contribution in [-0.2, 0) is 6.61 Å². The van der Waals surface area contributed by atoms with E-state index in [0.29, 0.717) is 33.5 Å². The van der Waals surface area contributed by atoms with Crippen molar-refractivity contribution in [2.75, 3.05) is 0 Å². The molecule has 27 heavy (non-hydrogen) atoms. The van der Waals surface area contributed by atoms with Gasteiger partial charge in [-0.3, -0.25) is 0 Å². The summed E-state index contributed by atoms with van der Waals surface area (Å²) in [6.45, 7) is 0.432. The molecule has 3 aromatic rings. The Kier molecular flexibility index (Phi) is 6.58. The van der Waals surface area contributed by atoms with Crippen LogP contribution in [0, 0.1) is 11.3 Å². The van der Waals surface area contributed by atoms with Crippen LogP contribution in [0.15, 0.2) is 71.2 Å². The fourth-order valence-electron chi connectivity index (χ4n) is 2.51. The van der Waals surface area contributed by atoms with E-state index in [0.717, 1.165) is 15.6 Å². The molecule has 0 saturated carbocycles. The van der Waals surface area contributed by atoms with Crippen molar-refractivity contribution in [3.63, 3.8) is 0 Å². The molecule has 3 rings (SSSR count). The van der Waals surface area contributed by atoms with Gasteiger partial charge in [0.05, 0.1) is 16.7 Å². The summed E-state index contributed by atoms with van der Waals surface area (Å²) in [6, 6.07) is 22.8. The molecule has 0 unspecified atom stereocenters. The van der Waals surface area contributed by atoms with Crippen LogP contribution in [0.1, 0.15) is 16.7 Å². The smallest absolute Gasteiger partial charge is 0.127 e. The van der Waals surface area contributed by atoms with Crippen LogP contribution in [0.5, 0.6) is 5.75 Å². The number of benzene rings is 3. The van der Waals surface area contributed by atoms with Crippen molar-refractivity contribution in [2.45, 2.75) is 6.61 Å². The van der Waals surface area contributed by atoms with Crippen molar-refractivity contribution in [2.24, 2.45) is 0 Å². The van der Waals surface area contributed by atoms with Crippen molar-refractivity contribution in [3.8, 4) is 11.8 Å². The van der Waals surface area contributed by atoms with Gasteiger partial charge in [0.1, 0.15) is 12.4 Å². The van der Waals surface area contributed by atoms with E-state index in [4.69, 9.17) is 27.9 Å². The van der Waals surface area contributed by atoms with Crippen LogP contribution in [0.4, 0.5) is 0 Å². The predicted molar refractivity (Wildman–Crippen MR) is 115 cm³/mol. The Hall–Kier alpha value is -2.25. The molecule has 5 heteroatoms. The van der Waals surface area contributed by atoms with Gasteiger partial charge in [0.25, 0.3) is 0 Å². The first-order chi connectivity index (χ1) is 13.1. The summed E-state index contributed by atoms with van der Waals surface area (Å²) in [5, 5.41) is 10.6. The summed E-state index contributed by atoms with van der Waals surface area (Å²) in [5.41, 5.74) is 2.93. The lowest BCUT2D eigenvalue weighted by atomic mass is 10.0. The summed E-state index contributed by atoms with van der Waals surface area (Å²) in [4.78, 5) is 0. The molecule has 0 heterocycles.